The molecule has 2 aromatic carbocycles. The summed E-state index contributed by atoms with van der Waals surface area (Å²) in [6.45, 7) is 3.83. The summed E-state index contributed by atoms with van der Waals surface area (Å²) in [6.07, 6.45) is -2.97. The number of ether oxygens (including phenoxy) is 1. The maximum atomic E-state index is 13.1. The van der Waals surface area contributed by atoms with Crippen LogP contribution in [0.25, 0.3) is 5.82 Å². The summed E-state index contributed by atoms with van der Waals surface area (Å²) in [4.78, 5) is 16.6. The molecule has 33 heavy (non-hydrogen) atoms. The number of nitrogens with zero attached hydrogens (tertiary/aromatic N) is 4. The standard InChI is InChI=1S/C23H18F3N5O2/c1-14-15(2)31(13-27-14)20-11-12-21(30-29-20)33-17-9-7-16(8-10-17)28-22(32)18-5-3-4-6-19(18)23(24,25)26/h3-13H,1-2H3,(H,28,32). The van der Waals surface area contributed by atoms with Gasteiger partial charge < -0.3 is 10.1 Å². The van der Waals surface area contributed by atoms with Gasteiger partial charge in [0.15, 0.2) is 5.82 Å². The molecule has 0 radical (unpaired) electrons. The molecule has 2 heterocycles. The Hall–Kier alpha value is -4.21. The molecule has 168 valence electrons. The molecule has 0 fully saturated rings. The zero-order valence-corrected chi connectivity index (χ0v) is 17.6. The highest BCUT2D eigenvalue weighted by atomic mass is 19.4. The summed E-state index contributed by atoms with van der Waals surface area (Å²) >= 11 is 0. The molecule has 10 heteroatoms. The molecule has 0 saturated heterocycles. The Morgan fingerprint density at radius 1 is 0.970 bits per heavy atom. The third-order valence-electron chi connectivity index (χ3n) is 4.94. The van der Waals surface area contributed by atoms with Gasteiger partial charge in [-0.2, -0.15) is 13.2 Å². The van der Waals surface area contributed by atoms with Gasteiger partial charge in [0.2, 0.25) is 5.88 Å². The van der Waals surface area contributed by atoms with Crippen molar-refractivity contribution in [3.05, 3.63) is 89.5 Å². The summed E-state index contributed by atoms with van der Waals surface area (Å²) in [7, 11) is 0. The van der Waals surface area contributed by atoms with Gasteiger partial charge in [0.25, 0.3) is 5.91 Å². The Balaban J connectivity index is 1.43. The first-order valence-corrected chi connectivity index (χ1v) is 9.82. The smallest absolute Gasteiger partial charge is 0.417 e. The molecular formula is C23H18F3N5O2. The van der Waals surface area contributed by atoms with Gasteiger partial charge in [-0.15, -0.1) is 10.2 Å². The highest BCUT2D eigenvalue weighted by Gasteiger charge is 2.34. The van der Waals surface area contributed by atoms with Crippen molar-refractivity contribution in [2.24, 2.45) is 0 Å². The fourth-order valence-electron chi connectivity index (χ4n) is 3.08. The molecule has 0 aliphatic heterocycles. The molecule has 0 spiro atoms. The molecule has 4 rings (SSSR count). The number of alkyl halides is 3. The zero-order chi connectivity index (χ0) is 23.6. The molecule has 4 aromatic rings. The van der Waals surface area contributed by atoms with Crippen LogP contribution in [0.15, 0.2) is 67.0 Å². The van der Waals surface area contributed by atoms with Gasteiger partial charge in [-0.3, -0.25) is 9.36 Å². The fourth-order valence-corrected chi connectivity index (χ4v) is 3.08. The fraction of sp³-hybridized carbons (Fsp3) is 0.130. The van der Waals surface area contributed by atoms with Crippen molar-refractivity contribution >= 4 is 11.6 Å². The van der Waals surface area contributed by atoms with Crippen molar-refractivity contribution in [2.45, 2.75) is 20.0 Å². The van der Waals surface area contributed by atoms with Gasteiger partial charge in [0, 0.05) is 17.4 Å². The van der Waals surface area contributed by atoms with Crippen LogP contribution in [-0.2, 0) is 6.18 Å². The molecule has 0 bridgehead atoms. The Morgan fingerprint density at radius 3 is 2.30 bits per heavy atom. The molecule has 1 N–H and O–H groups in total. The Morgan fingerprint density at radius 2 is 1.70 bits per heavy atom. The summed E-state index contributed by atoms with van der Waals surface area (Å²) in [5.74, 6) is 0.408. The van der Waals surface area contributed by atoms with E-state index in [4.69, 9.17) is 4.74 Å². The molecular weight excluding hydrogens is 435 g/mol. The lowest BCUT2D eigenvalue weighted by Gasteiger charge is -2.13. The minimum atomic E-state index is -4.63. The van der Waals surface area contributed by atoms with Crippen molar-refractivity contribution < 1.29 is 22.7 Å². The van der Waals surface area contributed by atoms with Crippen molar-refractivity contribution in [2.75, 3.05) is 5.32 Å². The maximum Gasteiger partial charge on any atom is 0.417 e. The quantitative estimate of drug-likeness (QED) is 0.441. The number of halogens is 3. The van der Waals surface area contributed by atoms with Crippen molar-refractivity contribution in [3.8, 4) is 17.4 Å². The number of benzene rings is 2. The number of hydrogen-bond acceptors (Lipinski definition) is 5. The zero-order valence-electron chi connectivity index (χ0n) is 17.6. The largest absolute Gasteiger partial charge is 0.438 e. The van der Waals surface area contributed by atoms with Gasteiger partial charge >= 0.3 is 6.18 Å². The number of hydrogen-bond donors (Lipinski definition) is 1. The van der Waals surface area contributed by atoms with Crippen LogP contribution in [0.2, 0.25) is 0 Å². The topological polar surface area (TPSA) is 81.9 Å². The summed E-state index contributed by atoms with van der Waals surface area (Å²) in [5, 5.41) is 10.6. The number of nitrogens with one attached hydrogen (secondary N) is 1. The first-order chi connectivity index (χ1) is 15.7. The van der Waals surface area contributed by atoms with E-state index >= 15 is 0 Å². The molecule has 0 unspecified atom stereocenters. The lowest BCUT2D eigenvalue weighted by molar-refractivity contribution is -0.137. The number of anilines is 1. The van der Waals surface area contributed by atoms with E-state index < -0.39 is 23.2 Å². The van der Waals surface area contributed by atoms with E-state index in [-0.39, 0.29) is 5.88 Å². The number of imidazole rings is 1. The van der Waals surface area contributed by atoms with Gasteiger partial charge in [0.05, 0.1) is 16.8 Å². The average Bonchev–Trinajstić information content (AvgIpc) is 3.13. The second-order valence-corrected chi connectivity index (χ2v) is 7.14. The van der Waals surface area contributed by atoms with E-state index in [2.05, 4.69) is 20.5 Å². The van der Waals surface area contributed by atoms with Gasteiger partial charge in [-0.25, -0.2) is 4.98 Å². The first kappa shape index (κ1) is 22.0. The molecule has 0 aliphatic carbocycles. The number of rotatable bonds is 5. The monoisotopic (exact) mass is 453 g/mol. The van der Waals surface area contributed by atoms with Crippen LogP contribution < -0.4 is 10.1 Å². The molecule has 0 aliphatic rings. The summed E-state index contributed by atoms with van der Waals surface area (Å²) in [6, 6.07) is 14.2. The Labute approximate surface area is 186 Å². The van der Waals surface area contributed by atoms with E-state index in [0.29, 0.717) is 17.3 Å². The minimum Gasteiger partial charge on any atom is -0.438 e. The van der Waals surface area contributed by atoms with Crippen LogP contribution in [0, 0.1) is 13.8 Å². The van der Waals surface area contributed by atoms with Crippen molar-refractivity contribution in [1.29, 1.82) is 0 Å². The van der Waals surface area contributed by atoms with Crippen LogP contribution in [0.5, 0.6) is 11.6 Å². The van der Waals surface area contributed by atoms with E-state index in [1.165, 1.54) is 24.3 Å². The van der Waals surface area contributed by atoms with E-state index in [9.17, 15) is 18.0 Å². The predicted molar refractivity (Wildman–Crippen MR) is 115 cm³/mol. The number of amides is 1. The van der Waals surface area contributed by atoms with Crippen LogP contribution in [0.4, 0.5) is 18.9 Å². The number of aromatic nitrogens is 4. The van der Waals surface area contributed by atoms with Gasteiger partial charge in [0.1, 0.15) is 12.1 Å². The SMILES string of the molecule is Cc1ncn(-c2ccc(Oc3ccc(NC(=O)c4ccccc4C(F)(F)F)cc3)nn2)c1C. The van der Waals surface area contributed by atoms with Crippen LogP contribution >= 0.6 is 0 Å². The van der Waals surface area contributed by atoms with Crippen LogP contribution in [0.3, 0.4) is 0 Å². The first-order valence-electron chi connectivity index (χ1n) is 9.82. The number of carbonyl (C=O) groups is 1. The highest BCUT2D eigenvalue weighted by Crippen LogP contribution is 2.32. The molecule has 7 nitrogen and oxygen atoms in total. The Kier molecular flexibility index (Phi) is 5.82. The van der Waals surface area contributed by atoms with E-state index in [1.807, 2.05) is 13.8 Å². The third kappa shape index (κ3) is 4.84. The highest BCUT2D eigenvalue weighted by molar-refractivity contribution is 6.05. The number of carbonyl (C=O) groups excluding carboxylic acids is 1. The number of aryl methyl sites for hydroxylation is 1. The molecule has 0 atom stereocenters. The Bertz CT molecular complexity index is 1280. The molecule has 1 amide bonds. The van der Waals surface area contributed by atoms with Crippen LogP contribution in [-0.4, -0.2) is 25.7 Å². The third-order valence-corrected chi connectivity index (χ3v) is 4.94. The molecule has 2 aromatic heterocycles. The van der Waals surface area contributed by atoms with Crippen molar-refractivity contribution in [1.82, 2.24) is 19.7 Å². The lowest BCUT2D eigenvalue weighted by atomic mass is 10.1. The van der Waals surface area contributed by atoms with E-state index in [1.54, 1.807) is 35.2 Å². The molecule has 0 saturated carbocycles. The summed E-state index contributed by atoms with van der Waals surface area (Å²) in [5.41, 5.74) is 0.714. The normalized spacial score (nSPS) is 11.3. The maximum absolute atomic E-state index is 13.1. The second kappa shape index (κ2) is 8.73. The van der Waals surface area contributed by atoms with Crippen LogP contribution in [0.1, 0.15) is 27.3 Å². The van der Waals surface area contributed by atoms with E-state index in [0.717, 1.165) is 23.5 Å². The van der Waals surface area contributed by atoms with Gasteiger partial charge in [-0.1, -0.05) is 12.1 Å². The predicted octanol–water partition coefficient (Wildman–Crippen LogP) is 5.34. The average molecular weight is 453 g/mol. The van der Waals surface area contributed by atoms with Gasteiger partial charge in [-0.05, 0) is 56.3 Å². The minimum absolute atomic E-state index is 0.254. The van der Waals surface area contributed by atoms with Crippen molar-refractivity contribution in [3.63, 3.8) is 0 Å². The lowest BCUT2D eigenvalue weighted by Crippen LogP contribution is -2.18. The second-order valence-electron chi connectivity index (χ2n) is 7.14. The summed E-state index contributed by atoms with van der Waals surface area (Å²) < 4.78 is 46.9.